The number of nitrogens with zero attached hydrogens (tertiary/aromatic N) is 1. The molecule has 0 spiro atoms. The lowest BCUT2D eigenvalue weighted by molar-refractivity contribution is 0.199. The van der Waals surface area contributed by atoms with Crippen molar-refractivity contribution in [3.8, 4) is 0 Å². The van der Waals surface area contributed by atoms with Crippen LogP contribution in [0.15, 0.2) is 12.1 Å². The number of rotatable bonds is 2. The molecule has 2 rings (SSSR count). The average molecular weight is 269 g/mol. The lowest BCUT2D eigenvalue weighted by atomic mass is 9.99. The fourth-order valence-corrected chi connectivity index (χ4v) is 2.84. The monoisotopic (exact) mass is 268 g/mol. The maximum Gasteiger partial charge on any atom is 0.0240 e. The maximum absolute atomic E-state index is 3.49. The van der Waals surface area contributed by atoms with Gasteiger partial charge in [-0.15, -0.1) is 12.4 Å². The van der Waals surface area contributed by atoms with Gasteiger partial charge >= 0.3 is 0 Å². The van der Waals surface area contributed by atoms with Crippen LogP contribution in [0, 0.1) is 20.8 Å². The molecular weight excluding hydrogens is 244 g/mol. The summed E-state index contributed by atoms with van der Waals surface area (Å²) in [6.07, 6.45) is 0. The van der Waals surface area contributed by atoms with E-state index in [0.717, 1.165) is 26.2 Å². The minimum absolute atomic E-state index is 0. The molecular formula is C15H25ClN2. The zero-order chi connectivity index (χ0) is 12.4. The van der Waals surface area contributed by atoms with Gasteiger partial charge in [-0.05, 0) is 44.4 Å². The highest BCUT2D eigenvalue weighted by atomic mass is 35.5. The zero-order valence-electron chi connectivity index (χ0n) is 11.9. The predicted molar refractivity (Wildman–Crippen MR) is 80.6 cm³/mol. The molecule has 1 saturated heterocycles. The van der Waals surface area contributed by atoms with Crippen LogP contribution in [0.1, 0.15) is 29.2 Å². The summed E-state index contributed by atoms with van der Waals surface area (Å²) in [6.45, 7) is 13.5. The van der Waals surface area contributed by atoms with Gasteiger partial charge in [0.2, 0.25) is 0 Å². The molecule has 1 fully saturated rings. The van der Waals surface area contributed by atoms with Crippen LogP contribution in [0.4, 0.5) is 0 Å². The highest BCUT2D eigenvalue weighted by molar-refractivity contribution is 5.85. The number of aryl methyl sites for hydroxylation is 3. The van der Waals surface area contributed by atoms with E-state index < -0.39 is 0 Å². The first-order valence-electron chi connectivity index (χ1n) is 6.58. The fraction of sp³-hybridized carbons (Fsp3) is 0.600. The van der Waals surface area contributed by atoms with Crippen LogP contribution in [0.5, 0.6) is 0 Å². The Hall–Kier alpha value is -0.570. The van der Waals surface area contributed by atoms with Crippen LogP contribution in [-0.2, 0) is 6.54 Å². The van der Waals surface area contributed by atoms with Gasteiger partial charge in [0.25, 0.3) is 0 Å². The minimum atomic E-state index is 0. The highest BCUT2D eigenvalue weighted by Gasteiger charge is 2.17. The van der Waals surface area contributed by atoms with Crippen LogP contribution in [0.25, 0.3) is 0 Å². The Bertz CT molecular complexity index is 380. The number of hydrogen-bond acceptors (Lipinski definition) is 2. The summed E-state index contributed by atoms with van der Waals surface area (Å²) in [5.41, 5.74) is 5.77. The normalized spacial score (nSPS) is 20.6. The van der Waals surface area contributed by atoms with E-state index in [2.05, 4.69) is 50.0 Å². The van der Waals surface area contributed by atoms with Gasteiger partial charge in [0.1, 0.15) is 0 Å². The number of nitrogens with one attached hydrogen (secondary N) is 1. The molecule has 102 valence electrons. The van der Waals surface area contributed by atoms with E-state index in [-0.39, 0.29) is 12.4 Å². The molecule has 0 saturated carbocycles. The van der Waals surface area contributed by atoms with Crippen molar-refractivity contribution in [1.29, 1.82) is 0 Å². The summed E-state index contributed by atoms with van der Waals surface area (Å²) in [4.78, 5) is 2.56. The quantitative estimate of drug-likeness (QED) is 0.887. The van der Waals surface area contributed by atoms with Crippen LogP contribution in [-0.4, -0.2) is 30.6 Å². The Labute approximate surface area is 117 Å². The Kier molecular flexibility index (Phi) is 5.64. The van der Waals surface area contributed by atoms with Crippen molar-refractivity contribution in [2.45, 2.75) is 40.3 Å². The van der Waals surface area contributed by atoms with E-state index in [4.69, 9.17) is 0 Å². The van der Waals surface area contributed by atoms with E-state index in [0.29, 0.717) is 6.04 Å². The first-order chi connectivity index (χ1) is 8.06. The molecule has 1 unspecified atom stereocenters. The molecule has 1 N–H and O–H groups in total. The zero-order valence-corrected chi connectivity index (χ0v) is 12.7. The Morgan fingerprint density at radius 3 is 2.39 bits per heavy atom. The molecule has 0 amide bonds. The van der Waals surface area contributed by atoms with E-state index in [1.54, 1.807) is 0 Å². The largest absolute Gasteiger partial charge is 0.312 e. The molecule has 3 heteroatoms. The molecule has 2 nitrogen and oxygen atoms in total. The number of benzene rings is 1. The van der Waals surface area contributed by atoms with Gasteiger partial charge in [0, 0.05) is 32.2 Å². The van der Waals surface area contributed by atoms with Crippen molar-refractivity contribution in [1.82, 2.24) is 10.2 Å². The molecule has 18 heavy (non-hydrogen) atoms. The molecule has 0 aliphatic carbocycles. The van der Waals surface area contributed by atoms with E-state index in [1.165, 1.54) is 22.3 Å². The van der Waals surface area contributed by atoms with Gasteiger partial charge in [-0.2, -0.15) is 0 Å². The fourth-order valence-electron chi connectivity index (χ4n) is 2.84. The first-order valence-corrected chi connectivity index (χ1v) is 6.58. The Morgan fingerprint density at radius 2 is 1.83 bits per heavy atom. The van der Waals surface area contributed by atoms with Crippen LogP contribution >= 0.6 is 12.4 Å². The van der Waals surface area contributed by atoms with E-state index in [1.807, 2.05) is 0 Å². The molecule has 1 aromatic carbocycles. The lowest BCUT2D eigenvalue weighted by Crippen LogP contribution is -2.48. The molecule has 1 heterocycles. The summed E-state index contributed by atoms with van der Waals surface area (Å²) in [6, 6.07) is 5.22. The SMILES string of the molecule is Cc1cc(C)c(CN2CCNC(C)C2)c(C)c1.Cl. The molecule has 1 aliphatic rings. The van der Waals surface area contributed by atoms with E-state index >= 15 is 0 Å². The molecule has 0 aromatic heterocycles. The van der Waals surface area contributed by atoms with Crippen molar-refractivity contribution in [2.24, 2.45) is 0 Å². The smallest absolute Gasteiger partial charge is 0.0240 e. The summed E-state index contributed by atoms with van der Waals surface area (Å²) < 4.78 is 0. The van der Waals surface area contributed by atoms with Crippen molar-refractivity contribution >= 4 is 12.4 Å². The molecule has 1 aromatic rings. The minimum Gasteiger partial charge on any atom is -0.312 e. The van der Waals surface area contributed by atoms with Gasteiger partial charge in [-0.3, -0.25) is 4.90 Å². The first kappa shape index (κ1) is 15.5. The third-order valence-electron chi connectivity index (χ3n) is 3.67. The van der Waals surface area contributed by atoms with Gasteiger partial charge in [0.15, 0.2) is 0 Å². The van der Waals surface area contributed by atoms with E-state index in [9.17, 15) is 0 Å². The second kappa shape index (κ2) is 6.55. The molecule has 0 bridgehead atoms. The van der Waals surface area contributed by atoms with Gasteiger partial charge in [-0.1, -0.05) is 17.7 Å². The van der Waals surface area contributed by atoms with Crippen molar-refractivity contribution in [2.75, 3.05) is 19.6 Å². The number of hydrogen-bond donors (Lipinski definition) is 1. The summed E-state index contributed by atoms with van der Waals surface area (Å²) in [5, 5.41) is 3.49. The predicted octanol–water partition coefficient (Wildman–Crippen LogP) is 2.83. The summed E-state index contributed by atoms with van der Waals surface area (Å²) in [5.74, 6) is 0. The van der Waals surface area contributed by atoms with Crippen molar-refractivity contribution in [3.63, 3.8) is 0 Å². The second-order valence-electron chi connectivity index (χ2n) is 5.47. The van der Waals surface area contributed by atoms with Gasteiger partial charge < -0.3 is 5.32 Å². The molecule has 1 atom stereocenters. The number of halogens is 1. The third-order valence-corrected chi connectivity index (χ3v) is 3.67. The second-order valence-corrected chi connectivity index (χ2v) is 5.47. The van der Waals surface area contributed by atoms with Crippen LogP contribution < -0.4 is 5.32 Å². The molecule has 1 aliphatic heterocycles. The number of piperazine rings is 1. The maximum atomic E-state index is 3.49. The van der Waals surface area contributed by atoms with Crippen LogP contribution in [0.2, 0.25) is 0 Å². The summed E-state index contributed by atoms with van der Waals surface area (Å²) in [7, 11) is 0. The Balaban J connectivity index is 0.00000162. The van der Waals surface area contributed by atoms with Crippen molar-refractivity contribution in [3.05, 3.63) is 34.4 Å². The van der Waals surface area contributed by atoms with Gasteiger partial charge in [-0.25, -0.2) is 0 Å². The molecule has 0 radical (unpaired) electrons. The topological polar surface area (TPSA) is 15.3 Å². The standard InChI is InChI=1S/C15H24N2.ClH/c1-11-7-12(2)15(13(3)8-11)10-17-6-5-16-14(4)9-17;/h7-8,14,16H,5-6,9-10H2,1-4H3;1H. The average Bonchev–Trinajstić information content (AvgIpc) is 2.23. The Morgan fingerprint density at radius 1 is 1.22 bits per heavy atom. The lowest BCUT2D eigenvalue weighted by Gasteiger charge is -2.32. The van der Waals surface area contributed by atoms with Crippen LogP contribution in [0.3, 0.4) is 0 Å². The third kappa shape index (κ3) is 3.71. The highest BCUT2D eigenvalue weighted by Crippen LogP contribution is 2.19. The summed E-state index contributed by atoms with van der Waals surface area (Å²) >= 11 is 0. The van der Waals surface area contributed by atoms with Gasteiger partial charge in [0.05, 0.1) is 0 Å². The van der Waals surface area contributed by atoms with Crippen molar-refractivity contribution < 1.29 is 0 Å².